The van der Waals surface area contributed by atoms with Crippen LogP contribution < -0.4 is 10.9 Å². The van der Waals surface area contributed by atoms with E-state index < -0.39 is 0 Å². The third-order valence-corrected chi connectivity index (χ3v) is 6.54. The quantitative estimate of drug-likeness (QED) is 0.462. The van der Waals surface area contributed by atoms with Crippen molar-refractivity contribution in [3.05, 3.63) is 68.2 Å². The number of benzene rings is 2. The van der Waals surface area contributed by atoms with Crippen molar-refractivity contribution in [3.8, 4) is 0 Å². The van der Waals surface area contributed by atoms with E-state index in [1.54, 1.807) is 12.1 Å². The van der Waals surface area contributed by atoms with Crippen molar-refractivity contribution in [2.24, 2.45) is 7.05 Å². The highest BCUT2D eigenvalue weighted by Crippen LogP contribution is 2.28. The lowest BCUT2D eigenvalue weighted by Gasteiger charge is -2.22. The molecule has 0 bridgehead atoms. The van der Waals surface area contributed by atoms with Crippen LogP contribution in [0, 0.1) is 0 Å². The van der Waals surface area contributed by atoms with Crippen molar-refractivity contribution in [3.63, 3.8) is 0 Å². The predicted octanol–water partition coefficient (Wildman–Crippen LogP) is 4.45. The van der Waals surface area contributed by atoms with Gasteiger partial charge in [0.25, 0.3) is 5.56 Å². The van der Waals surface area contributed by atoms with Crippen molar-refractivity contribution in [2.45, 2.75) is 13.0 Å². The fourth-order valence-corrected chi connectivity index (χ4v) is 4.70. The minimum absolute atomic E-state index is 0.173. The largest absolute Gasteiger partial charge is 0.351 e. The van der Waals surface area contributed by atoms with Crippen LogP contribution in [0.1, 0.15) is 17.8 Å². The van der Waals surface area contributed by atoms with E-state index in [2.05, 4.69) is 33.3 Å². The first-order valence-electron chi connectivity index (χ1n) is 10.4. The summed E-state index contributed by atoms with van der Waals surface area (Å²) in [6.07, 6.45) is 3.09. The molecule has 0 saturated carbocycles. The maximum Gasteiger partial charge on any atom is 0.261 e. The summed E-state index contributed by atoms with van der Waals surface area (Å²) in [6, 6.07) is 9.16. The number of nitrogens with zero attached hydrogens (tertiary/aromatic N) is 4. The molecule has 7 nitrogen and oxygen atoms in total. The molecule has 1 aliphatic rings. The number of rotatable bonds is 4. The number of fused-ring (bicyclic) bond motifs is 3. The topological polar surface area (TPSA) is 78.8 Å². The van der Waals surface area contributed by atoms with Gasteiger partial charge in [-0.25, -0.2) is 9.97 Å². The van der Waals surface area contributed by atoms with Crippen LogP contribution in [0.4, 0.5) is 5.95 Å². The van der Waals surface area contributed by atoms with Gasteiger partial charge in [-0.1, -0.05) is 35.3 Å². The van der Waals surface area contributed by atoms with Crippen LogP contribution in [-0.2, 0) is 13.6 Å². The van der Waals surface area contributed by atoms with Crippen LogP contribution in [-0.4, -0.2) is 44.6 Å². The minimum Gasteiger partial charge on any atom is -0.351 e. The van der Waals surface area contributed by atoms with Gasteiger partial charge in [-0.05, 0) is 37.7 Å². The standard InChI is InChI=1S/C23H22Cl2N6O/c1-30-10-4-5-13(12-30)21-27-17-8-9-18-20(19(17)22(32)29-21)31(2)23(28-18)26-11-14-15(24)6-3-7-16(14)25/h3,5-9H,4,10-12H2,1-2H3,(H,26,28)(H,27,29,32). The Morgan fingerprint density at radius 1 is 1.09 bits per heavy atom. The van der Waals surface area contributed by atoms with Gasteiger partial charge in [0.15, 0.2) is 0 Å². The first-order valence-corrected chi connectivity index (χ1v) is 11.1. The van der Waals surface area contributed by atoms with E-state index in [-0.39, 0.29) is 5.56 Å². The lowest BCUT2D eigenvalue weighted by atomic mass is 10.1. The number of imidazole rings is 1. The molecule has 0 fully saturated rings. The number of hydrogen-bond donors (Lipinski definition) is 2. The van der Waals surface area contributed by atoms with Gasteiger partial charge >= 0.3 is 0 Å². The molecule has 32 heavy (non-hydrogen) atoms. The van der Waals surface area contributed by atoms with Crippen LogP contribution in [0.5, 0.6) is 0 Å². The molecule has 0 atom stereocenters. The summed E-state index contributed by atoms with van der Waals surface area (Å²) in [5.41, 5.74) is 3.75. The molecule has 0 saturated heterocycles. The number of aromatic amines is 1. The Morgan fingerprint density at radius 3 is 2.59 bits per heavy atom. The number of anilines is 1. The second-order valence-corrected chi connectivity index (χ2v) is 8.86. The summed E-state index contributed by atoms with van der Waals surface area (Å²) in [7, 11) is 3.94. The molecule has 0 radical (unpaired) electrons. The van der Waals surface area contributed by atoms with Crippen molar-refractivity contribution >= 4 is 56.7 Å². The molecular formula is C23H22Cl2N6O. The van der Waals surface area contributed by atoms with Crippen molar-refractivity contribution in [2.75, 3.05) is 25.5 Å². The Morgan fingerprint density at radius 2 is 1.84 bits per heavy atom. The molecule has 3 heterocycles. The molecule has 0 unspecified atom stereocenters. The number of halogens is 2. The smallest absolute Gasteiger partial charge is 0.261 e. The van der Waals surface area contributed by atoms with Crippen LogP contribution >= 0.6 is 23.2 Å². The molecule has 2 aromatic carbocycles. The Bertz CT molecular complexity index is 1420. The molecule has 5 rings (SSSR count). The molecule has 164 valence electrons. The fraction of sp³-hybridized carbons (Fsp3) is 0.261. The molecule has 2 aromatic heterocycles. The summed E-state index contributed by atoms with van der Waals surface area (Å²) in [6.45, 7) is 2.18. The van der Waals surface area contributed by atoms with Crippen LogP contribution in [0.3, 0.4) is 0 Å². The van der Waals surface area contributed by atoms with Gasteiger partial charge in [0.2, 0.25) is 5.95 Å². The van der Waals surface area contributed by atoms with E-state index in [9.17, 15) is 4.79 Å². The van der Waals surface area contributed by atoms with Crippen molar-refractivity contribution < 1.29 is 0 Å². The van der Waals surface area contributed by atoms with Crippen molar-refractivity contribution in [1.82, 2.24) is 24.4 Å². The zero-order valence-corrected chi connectivity index (χ0v) is 19.3. The minimum atomic E-state index is -0.173. The van der Waals surface area contributed by atoms with Crippen LogP contribution in [0.15, 0.2) is 41.2 Å². The van der Waals surface area contributed by atoms with Gasteiger partial charge in [0, 0.05) is 47.9 Å². The average molecular weight is 469 g/mol. The molecule has 2 N–H and O–H groups in total. The normalized spacial score (nSPS) is 14.8. The second kappa shape index (κ2) is 8.24. The third kappa shape index (κ3) is 3.66. The van der Waals surface area contributed by atoms with Gasteiger partial charge in [-0.2, -0.15) is 0 Å². The highest BCUT2D eigenvalue weighted by atomic mass is 35.5. The number of aryl methyl sites for hydroxylation is 1. The monoisotopic (exact) mass is 468 g/mol. The molecule has 1 aliphatic heterocycles. The van der Waals surface area contributed by atoms with E-state index >= 15 is 0 Å². The number of aromatic nitrogens is 4. The maximum atomic E-state index is 13.1. The molecule has 0 amide bonds. The van der Waals surface area contributed by atoms with E-state index in [1.165, 1.54) is 0 Å². The van der Waals surface area contributed by atoms with E-state index in [0.29, 0.717) is 44.8 Å². The predicted molar refractivity (Wildman–Crippen MR) is 131 cm³/mol. The number of hydrogen-bond acceptors (Lipinski definition) is 5. The summed E-state index contributed by atoms with van der Waals surface area (Å²) in [5, 5.41) is 4.99. The van der Waals surface area contributed by atoms with Crippen molar-refractivity contribution in [1.29, 1.82) is 0 Å². The van der Waals surface area contributed by atoms with Gasteiger partial charge in [-0.15, -0.1) is 0 Å². The molecule has 9 heteroatoms. The summed E-state index contributed by atoms with van der Waals surface area (Å²) < 4.78 is 1.87. The van der Waals surface area contributed by atoms with Gasteiger partial charge in [0.05, 0.1) is 21.9 Å². The zero-order chi connectivity index (χ0) is 22.4. The Labute approximate surface area is 194 Å². The summed E-state index contributed by atoms with van der Waals surface area (Å²) in [5.74, 6) is 1.24. The lowest BCUT2D eigenvalue weighted by molar-refractivity contribution is 0.372. The lowest BCUT2D eigenvalue weighted by Crippen LogP contribution is -2.26. The van der Waals surface area contributed by atoms with Gasteiger partial charge in [0.1, 0.15) is 5.82 Å². The van der Waals surface area contributed by atoms with E-state index in [4.69, 9.17) is 28.2 Å². The summed E-state index contributed by atoms with van der Waals surface area (Å²) in [4.78, 5) is 27.8. The van der Waals surface area contributed by atoms with Gasteiger partial charge in [-0.3, -0.25) is 4.79 Å². The molecule has 0 aliphatic carbocycles. The number of nitrogens with one attached hydrogen (secondary N) is 2. The summed E-state index contributed by atoms with van der Waals surface area (Å²) >= 11 is 12.6. The second-order valence-electron chi connectivity index (χ2n) is 8.05. The SMILES string of the molecule is CN1CCC=C(c2nc3ccc4nc(NCc5c(Cl)cccc5Cl)n(C)c4c3c(=O)[nH]2)C1. The maximum absolute atomic E-state index is 13.1. The highest BCUT2D eigenvalue weighted by molar-refractivity contribution is 6.36. The van der Waals surface area contributed by atoms with Crippen LogP contribution in [0.25, 0.3) is 27.5 Å². The molecular weight excluding hydrogens is 447 g/mol. The average Bonchev–Trinajstić information content (AvgIpc) is 3.09. The molecule has 0 spiro atoms. The van der Waals surface area contributed by atoms with E-state index in [1.807, 2.05) is 29.8 Å². The third-order valence-electron chi connectivity index (χ3n) is 5.84. The van der Waals surface area contributed by atoms with Gasteiger partial charge < -0.3 is 19.8 Å². The first-order chi connectivity index (χ1) is 15.4. The molecule has 4 aromatic rings. The zero-order valence-electron chi connectivity index (χ0n) is 17.7. The Balaban J connectivity index is 1.56. The number of H-pyrrole nitrogens is 1. The Kier molecular flexibility index (Phi) is 5.41. The number of likely N-dealkylation sites (N-methyl/N-ethyl adjacent to an activating group) is 1. The fourth-order valence-electron chi connectivity index (χ4n) is 4.17. The Hall–Kier alpha value is -2.87. The van der Waals surface area contributed by atoms with Crippen LogP contribution in [0.2, 0.25) is 10.0 Å². The highest BCUT2D eigenvalue weighted by Gasteiger charge is 2.18. The first kappa shape index (κ1) is 21.0. The van der Waals surface area contributed by atoms with E-state index in [0.717, 1.165) is 36.2 Å².